The first-order valence-electron chi connectivity index (χ1n) is 9.07. The molecule has 0 bridgehead atoms. The molecular weight excluding hydrogens is 380 g/mol. The summed E-state index contributed by atoms with van der Waals surface area (Å²) in [7, 11) is 0. The van der Waals surface area contributed by atoms with Gasteiger partial charge in [-0.05, 0) is 37.5 Å². The quantitative estimate of drug-likeness (QED) is 0.580. The molecule has 5 nitrogen and oxygen atoms in total. The molecule has 138 valence electrons. The number of piperidine rings is 1. The van der Waals surface area contributed by atoms with Gasteiger partial charge in [-0.2, -0.15) is 0 Å². The van der Waals surface area contributed by atoms with Crippen LogP contribution in [0.25, 0.3) is 0 Å². The number of guanidine groups is 1. The van der Waals surface area contributed by atoms with Crippen LogP contribution in [0.1, 0.15) is 39.2 Å². The van der Waals surface area contributed by atoms with E-state index in [1.807, 2.05) is 30.9 Å². The minimum Gasteiger partial charge on any atom is -0.357 e. The second-order valence-corrected chi connectivity index (χ2v) is 7.64. The molecule has 1 amide bonds. The van der Waals surface area contributed by atoms with E-state index >= 15 is 0 Å². The fourth-order valence-electron chi connectivity index (χ4n) is 2.88. The van der Waals surface area contributed by atoms with Gasteiger partial charge >= 0.3 is 0 Å². The second-order valence-electron chi connectivity index (χ2n) is 6.72. The Hall–Kier alpha value is -1.56. The van der Waals surface area contributed by atoms with Gasteiger partial charge in [-0.1, -0.05) is 41.9 Å². The molecule has 6 heteroatoms. The molecule has 0 saturated carbocycles. The number of hydrogen-bond acceptors (Lipinski definition) is 2. The fraction of sp³-hybridized carbons (Fsp3) is 0.579. The molecule has 1 saturated heterocycles. The van der Waals surface area contributed by atoms with Crippen molar-refractivity contribution in [1.82, 2.24) is 15.5 Å². The Bertz CT molecular complexity index is 578. The first-order chi connectivity index (χ1) is 12.0. The van der Waals surface area contributed by atoms with Crippen LogP contribution in [0, 0.1) is 5.92 Å². The number of hydrogen-bond donors (Lipinski definition) is 2. The van der Waals surface area contributed by atoms with Gasteiger partial charge in [0.2, 0.25) is 5.91 Å². The highest BCUT2D eigenvalue weighted by atomic mass is 79.9. The summed E-state index contributed by atoms with van der Waals surface area (Å²) in [5, 5.41) is 6.83. The van der Waals surface area contributed by atoms with Crippen molar-refractivity contribution >= 4 is 27.8 Å². The highest BCUT2D eigenvalue weighted by Gasteiger charge is 2.24. The lowest BCUT2D eigenvalue weighted by atomic mass is 10.0. The highest BCUT2D eigenvalue weighted by Crippen LogP contribution is 2.14. The molecule has 25 heavy (non-hydrogen) atoms. The van der Waals surface area contributed by atoms with Gasteiger partial charge < -0.3 is 15.5 Å². The summed E-state index contributed by atoms with van der Waals surface area (Å²) >= 11 is 3.45. The molecule has 0 aromatic heterocycles. The molecule has 1 aromatic carbocycles. The van der Waals surface area contributed by atoms with Gasteiger partial charge in [0.25, 0.3) is 0 Å². The van der Waals surface area contributed by atoms with Crippen molar-refractivity contribution in [3.05, 3.63) is 34.3 Å². The Labute approximate surface area is 159 Å². The molecule has 0 radical (unpaired) electrons. The Morgan fingerprint density at radius 3 is 2.48 bits per heavy atom. The number of amides is 1. The molecule has 2 N–H and O–H groups in total. The molecule has 0 spiro atoms. The maximum absolute atomic E-state index is 12.1. The molecule has 0 atom stereocenters. The number of nitrogens with zero attached hydrogens (tertiary/aromatic N) is 2. The van der Waals surface area contributed by atoms with E-state index in [9.17, 15) is 4.79 Å². The third kappa shape index (κ3) is 6.34. The van der Waals surface area contributed by atoms with E-state index in [-0.39, 0.29) is 11.8 Å². The normalized spacial score (nSPS) is 16.2. The first-order valence-corrected chi connectivity index (χ1v) is 9.87. The van der Waals surface area contributed by atoms with Gasteiger partial charge in [0.15, 0.2) is 5.96 Å². The number of aliphatic imine (C=N–C) groups is 1. The molecule has 1 fully saturated rings. The van der Waals surface area contributed by atoms with E-state index in [2.05, 4.69) is 50.6 Å². The Kier molecular flexibility index (Phi) is 7.75. The van der Waals surface area contributed by atoms with Crippen LogP contribution in [0.2, 0.25) is 0 Å². The predicted molar refractivity (Wildman–Crippen MR) is 107 cm³/mol. The summed E-state index contributed by atoms with van der Waals surface area (Å²) in [6.45, 7) is 9.11. The summed E-state index contributed by atoms with van der Waals surface area (Å²) in [5.41, 5.74) is 1.18. The summed E-state index contributed by atoms with van der Waals surface area (Å²) in [6.07, 6.45) is 1.92. The predicted octanol–water partition coefficient (Wildman–Crippen LogP) is 3.15. The SMILES string of the molecule is CCNC(=NCc1ccc(Br)cc1)NC1CCN(C(=O)C(C)C)CC1. The number of nitrogens with one attached hydrogen (secondary N) is 2. The smallest absolute Gasteiger partial charge is 0.225 e. The van der Waals surface area contributed by atoms with Gasteiger partial charge in [-0.25, -0.2) is 4.99 Å². The molecule has 2 rings (SSSR count). The van der Waals surface area contributed by atoms with Gasteiger partial charge in [0.1, 0.15) is 0 Å². The summed E-state index contributed by atoms with van der Waals surface area (Å²) in [4.78, 5) is 18.7. The zero-order valence-corrected chi connectivity index (χ0v) is 17.0. The van der Waals surface area contributed by atoms with E-state index < -0.39 is 0 Å². The summed E-state index contributed by atoms with van der Waals surface area (Å²) in [6, 6.07) is 8.58. The zero-order valence-electron chi connectivity index (χ0n) is 15.4. The average molecular weight is 409 g/mol. The third-order valence-electron chi connectivity index (χ3n) is 4.32. The molecule has 0 unspecified atom stereocenters. The van der Waals surface area contributed by atoms with Crippen molar-refractivity contribution in [2.45, 2.75) is 46.2 Å². The molecule has 1 heterocycles. The number of carbonyl (C=O) groups is 1. The highest BCUT2D eigenvalue weighted by molar-refractivity contribution is 9.10. The maximum atomic E-state index is 12.1. The van der Waals surface area contributed by atoms with Crippen molar-refractivity contribution in [3.8, 4) is 0 Å². The Morgan fingerprint density at radius 1 is 1.28 bits per heavy atom. The lowest BCUT2D eigenvalue weighted by molar-refractivity contribution is -0.135. The second kappa shape index (κ2) is 9.80. The van der Waals surface area contributed by atoms with Gasteiger partial charge in [0, 0.05) is 36.1 Å². The van der Waals surface area contributed by atoms with E-state index in [1.54, 1.807) is 0 Å². The van der Waals surface area contributed by atoms with Crippen LogP contribution in [0.3, 0.4) is 0 Å². The molecule has 1 aliphatic rings. The maximum Gasteiger partial charge on any atom is 0.225 e. The van der Waals surface area contributed by atoms with Crippen LogP contribution >= 0.6 is 15.9 Å². The summed E-state index contributed by atoms with van der Waals surface area (Å²) < 4.78 is 1.08. The van der Waals surface area contributed by atoms with Gasteiger partial charge in [-0.3, -0.25) is 4.79 Å². The van der Waals surface area contributed by atoms with E-state index in [0.717, 1.165) is 42.9 Å². The zero-order chi connectivity index (χ0) is 18.2. The minimum absolute atomic E-state index is 0.0781. The topological polar surface area (TPSA) is 56.7 Å². The van der Waals surface area contributed by atoms with Crippen molar-refractivity contribution in [3.63, 3.8) is 0 Å². The van der Waals surface area contributed by atoms with Crippen LogP contribution in [-0.4, -0.2) is 42.4 Å². The molecule has 0 aliphatic carbocycles. The monoisotopic (exact) mass is 408 g/mol. The number of benzene rings is 1. The average Bonchev–Trinajstić information content (AvgIpc) is 2.61. The van der Waals surface area contributed by atoms with E-state index in [1.165, 1.54) is 5.56 Å². The van der Waals surface area contributed by atoms with Crippen LogP contribution < -0.4 is 10.6 Å². The minimum atomic E-state index is 0.0781. The largest absolute Gasteiger partial charge is 0.357 e. The Morgan fingerprint density at radius 2 is 1.92 bits per heavy atom. The summed E-state index contributed by atoms with van der Waals surface area (Å²) in [5.74, 6) is 1.18. The number of halogens is 1. The number of likely N-dealkylation sites (tertiary alicyclic amines) is 1. The first kappa shape index (κ1) is 19.8. The Balaban J connectivity index is 1.88. The van der Waals surface area contributed by atoms with Gasteiger partial charge in [-0.15, -0.1) is 0 Å². The molecular formula is C19H29BrN4O. The number of carbonyl (C=O) groups excluding carboxylic acids is 1. The third-order valence-corrected chi connectivity index (χ3v) is 4.85. The lowest BCUT2D eigenvalue weighted by Gasteiger charge is -2.34. The number of rotatable bonds is 5. The van der Waals surface area contributed by atoms with Gasteiger partial charge in [0.05, 0.1) is 6.54 Å². The fourth-order valence-corrected chi connectivity index (χ4v) is 3.15. The van der Waals surface area contributed by atoms with Crippen LogP contribution in [-0.2, 0) is 11.3 Å². The van der Waals surface area contributed by atoms with Crippen LogP contribution in [0.15, 0.2) is 33.7 Å². The van der Waals surface area contributed by atoms with Crippen LogP contribution in [0.4, 0.5) is 0 Å². The van der Waals surface area contributed by atoms with Crippen molar-refractivity contribution in [2.24, 2.45) is 10.9 Å². The van der Waals surface area contributed by atoms with Crippen molar-refractivity contribution < 1.29 is 4.79 Å². The van der Waals surface area contributed by atoms with E-state index in [4.69, 9.17) is 0 Å². The standard InChI is InChI=1S/C19H29BrN4O/c1-4-21-19(22-13-15-5-7-16(20)8-6-15)23-17-9-11-24(12-10-17)18(25)14(2)3/h5-8,14,17H,4,9-13H2,1-3H3,(H2,21,22,23). The lowest BCUT2D eigenvalue weighted by Crippen LogP contribution is -2.50. The molecule has 1 aliphatic heterocycles. The molecule has 1 aromatic rings. The van der Waals surface area contributed by atoms with Crippen LogP contribution in [0.5, 0.6) is 0 Å². The van der Waals surface area contributed by atoms with E-state index in [0.29, 0.717) is 12.6 Å². The van der Waals surface area contributed by atoms with Crippen molar-refractivity contribution in [1.29, 1.82) is 0 Å². The van der Waals surface area contributed by atoms with Crippen molar-refractivity contribution in [2.75, 3.05) is 19.6 Å².